The van der Waals surface area contributed by atoms with Gasteiger partial charge in [0, 0.05) is 55.4 Å². The van der Waals surface area contributed by atoms with E-state index in [2.05, 4.69) is 35.7 Å². The fourth-order valence-corrected chi connectivity index (χ4v) is 6.90. The Hall–Kier alpha value is -4.10. The average molecular weight is 610 g/mol. The van der Waals surface area contributed by atoms with Gasteiger partial charge in [0.25, 0.3) is 0 Å². The number of carbonyl (C=O) groups excluding carboxylic acids is 1. The predicted octanol–water partition coefficient (Wildman–Crippen LogP) is 4.75. The molecule has 3 saturated heterocycles. The highest BCUT2D eigenvalue weighted by molar-refractivity contribution is 6.06. The fourth-order valence-electron chi connectivity index (χ4n) is 6.90. The molecule has 10 nitrogen and oxygen atoms in total. The summed E-state index contributed by atoms with van der Waals surface area (Å²) in [6.07, 6.45) is -2.79. The number of methoxy groups -OCH3 is 1. The van der Waals surface area contributed by atoms with Gasteiger partial charge in [-0.2, -0.15) is 18.2 Å². The minimum absolute atomic E-state index is 0.0133. The largest absolute Gasteiger partial charge is 0.494 e. The molecule has 0 aliphatic carbocycles. The lowest BCUT2D eigenvalue weighted by Crippen LogP contribution is -2.56. The summed E-state index contributed by atoms with van der Waals surface area (Å²) in [5.74, 6) is -0.00689. The van der Waals surface area contributed by atoms with Crippen molar-refractivity contribution in [1.82, 2.24) is 14.9 Å². The molecular formula is C31H34F3N7O3. The Kier molecular flexibility index (Phi) is 6.85. The first-order chi connectivity index (χ1) is 21.0. The zero-order valence-electron chi connectivity index (χ0n) is 24.7. The van der Waals surface area contributed by atoms with E-state index in [0.29, 0.717) is 40.8 Å². The van der Waals surface area contributed by atoms with Crippen LogP contribution in [0.3, 0.4) is 0 Å². The van der Waals surface area contributed by atoms with E-state index in [1.807, 2.05) is 18.2 Å². The number of halogens is 3. The van der Waals surface area contributed by atoms with Gasteiger partial charge in [0.05, 0.1) is 37.5 Å². The van der Waals surface area contributed by atoms with Crippen molar-refractivity contribution < 1.29 is 27.4 Å². The van der Waals surface area contributed by atoms with Gasteiger partial charge < -0.3 is 30.3 Å². The number of likely N-dealkylation sites (tertiary alicyclic amines) is 1. The van der Waals surface area contributed by atoms with E-state index >= 15 is 0 Å². The Labute approximate surface area is 252 Å². The molecule has 1 aromatic heterocycles. The van der Waals surface area contributed by atoms with Crippen LogP contribution in [-0.2, 0) is 27.7 Å². The monoisotopic (exact) mass is 609 g/mol. The molecule has 0 saturated carbocycles. The molecule has 7 rings (SSSR count). The van der Waals surface area contributed by atoms with Crippen LogP contribution in [-0.4, -0.2) is 72.3 Å². The van der Waals surface area contributed by atoms with Crippen LogP contribution in [0.1, 0.15) is 37.0 Å². The van der Waals surface area contributed by atoms with Crippen molar-refractivity contribution >= 4 is 34.7 Å². The summed E-state index contributed by atoms with van der Waals surface area (Å²) in [6, 6.07) is 12.5. The van der Waals surface area contributed by atoms with Crippen LogP contribution in [0.15, 0.2) is 42.6 Å². The fraction of sp³-hybridized carbons (Fsp3) is 0.452. The quantitative estimate of drug-likeness (QED) is 0.334. The molecule has 3 fully saturated rings. The second kappa shape index (κ2) is 10.5. The van der Waals surface area contributed by atoms with E-state index in [1.165, 1.54) is 0 Å². The Morgan fingerprint density at radius 2 is 1.95 bits per heavy atom. The Morgan fingerprint density at radius 1 is 1.14 bits per heavy atom. The number of benzene rings is 2. The molecule has 0 spiro atoms. The first kappa shape index (κ1) is 28.7. The maximum absolute atomic E-state index is 14.0. The van der Waals surface area contributed by atoms with Crippen molar-refractivity contribution in [3.8, 4) is 5.75 Å². The second-order valence-corrected chi connectivity index (χ2v) is 12.3. The summed E-state index contributed by atoms with van der Waals surface area (Å²) in [6.45, 7) is 7.17. The van der Waals surface area contributed by atoms with Crippen LogP contribution in [0.25, 0.3) is 0 Å². The maximum atomic E-state index is 14.0. The molecule has 2 atom stereocenters. The van der Waals surface area contributed by atoms with Crippen molar-refractivity contribution in [2.45, 2.75) is 56.5 Å². The van der Waals surface area contributed by atoms with Gasteiger partial charge in [0.2, 0.25) is 11.9 Å². The lowest BCUT2D eigenvalue weighted by atomic mass is 9.83. The molecule has 1 amide bonds. The number of nitrogens with zero attached hydrogens (tertiary/aromatic N) is 4. The lowest BCUT2D eigenvalue weighted by Gasteiger charge is -2.43. The summed E-state index contributed by atoms with van der Waals surface area (Å²) in [7, 11) is 1.55. The molecular weight excluding hydrogens is 575 g/mol. The Balaban J connectivity index is 1.11. The second-order valence-electron chi connectivity index (χ2n) is 12.3. The molecule has 5 heterocycles. The average Bonchev–Trinajstić information content (AvgIpc) is 3.62. The van der Waals surface area contributed by atoms with Crippen molar-refractivity contribution in [2.24, 2.45) is 0 Å². The Morgan fingerprint density at radius 3 is 2.64 bits per heavy atom. The molecule has 4 aliphatic heterocycles. The molecule has 4 aliphatic rings. The van der Waals surface area contributed by atoms with E-state index in [-0.39, 0.29) is 24.2 Å². The predicted molar refractivity (Wildman–Crippen MR) is 160 cm³/mol. The van der Waals surface area contributed by atoms with E-state index in [4.69, 9.17) is 9.47 Å². The number of nitrogens with one attached hydrogen (secondary N) is 3. The summed E-state index contributed by atoms with van der Waals surface area (Å²) >= 11 is 0. The lowest BCUT2D eigenvalue weighted by molar-refractivity contribution is -0.137. The third-order valence-corrected chi connectivity index (χ3v) is 9.27. The van der Waals surface area contributed by atoms with Crippen molar-refractivity contribution in [3.63, 3.8) is 0 Å². The van der Waals surface area contributed by atoms with Gasteiger partial charge in [-0.1, -0.05) is 12.1 Å². The molecule has 3 N–H and O–H groups in total. The van der Waals surface area contributed by atoms with E-state index < -0.39 is 17.2 Å². The zero-order valence-corrected chi connectivity index (χ0v) is 24.7. The first-order valence-corrected chi connectivity index (χ1v) is 14.7. The number of hydrogen-bond donors (Lipinski definition) is 3. The van der Waals surface area contributed by atoms with Gasteiger partial charge in [-0.15, -0.1) is 0 Å². The molecule has 44 heavy (non-hydrogen) atoms. The molecule has 232 valence electrons. The van der Waals surface area contributed by atoms with Gasteiger partial charge in [-0.25, -0.2) is 4.98 Å². The maximum Gasteiger partial charge on any atom is 0.421 e. The minimum atomic E-state index is -4.67. The van der Waals surface area contributed by atoms with Crippen LogP contribution >= 0.6 is 0 Å². The number of rotatable bonds is 8. The number of aromatic nitrogens is 2. The number of ether oxygens (including phenoxy) is 2. The molecule has 13 heteroatoms. The van der Waals surface area contributed by atoms with Gasteiger partial charge in [-0.3, -0.25) is 9.69 Å². The van der Waals surface area contributed by atoms with Crippen LogP contribution in [0.5, 0.6) is 5.75 Å². The summed E-state index contributed by atoms with van der Waals surface area (Å²) < 4.78 is 52.9. The first-order valence-electron chi connectivity index (χ1n) is 14.7. The van der Waals surface area contributed by atoms with Gasteiger partial charge in [-0.05, 0) is 49.6 Å². The number of alkyl halides is 3. The van der Waals surface area contributed by atoms with Gasteiger partial charge in [0.1, 0.15) is 17.1 Å². The molecule has 3 aromatic rings. The van der Waals surface area contributed by atoms with E-state index in [9.17, 15) is 18.0 Å². The molecule has 0 radical (unpaired) electrons. The number of piperazine rings is 1. The molecule has 2 bridgehead atoms. The molecule has 2 aromatic carbocycles. The number of anilines is 5. The summed E-state index contributed by atoms with van der Waals surface area (Å²) in [5.41, 5.74) is 1.86. The zero-order chi connectivity index (χ0) is 30.8. The highest BCUT2D eigenvalue weighted by Gasteiger charge is 2.47. The minimum Gasteiger partial charge on any atom is -0.494 e. The normalized spacial score (nSPS) is 22.5. The van der Waals surface area contributed by atoms with Crippen molar-refractivity contribution in [1.29, 1.82) is 0 Å². The third kappa shape index (κ3) is 4.87. The molecule has 2 unspecified atom stereocenters. The van der Waals surface area contributed by atoms with Crippen LogP contribution in [0.4, 0.5) is 42.0 Å². The SMILES string of the molecule is COc1cc(N2CC3CC2CN3C2COC2)ccc1Nc1ncc(C(F)(F)F)c(NCc2cccc3c2C(C)(C)C(=O)N3)n1. The number of carbonyl (C=O) groups is 1. The van der Waals surface area contributed by atoms with E-state index in [1.54, 1.807) is 39.2 Å². The van der Waals surface area contributed by atoms with Crippen molar-refractivity contribution in [2.75, 3.05) is 54.3 Å². The highest BCUT2D eigenvalue weighted by atomic mass is 19.4. The number of amides is 1. The standard InChI is InChI=1S/C31H34F3N7O3/c1-30(2)26-17(5-4-6-24(26)37-28(30)42)11-35-27-22(31(32,33)34)12-36-29(39-27)38-23-8-7-18(10-25(23)43-3)40-13-20-9-19(40)14-41(20)21-15-44-16-21/h4-8,10,12,19-21H,9,11,13-16H2,1-3H3,(H,37,42)(H2,35,36,38,39). The Bertz CT molecular complexity index is 1610. The summed E-state index contributed by atoms with van der Waals surface area (Å²) in [4.78, 5) is 25.6. The number of fused-ring (bicyclic) bond motifs is 3. The van der Waals surface area contributed by atoms with E-state index in [0.717, 1.165) is 50.2 Å². The third-order valence-electron chi connectivity index (χ3n) is 9.27. The topological polar surface area (TPSA) is 104 Å². The smallest absolute Gasteiger partial charge is 0.421 e. The van der Waals surface area contributed by atoms with Crippen LogP contribution < -0.4 is 25.6 Å². The number of hydrogen-bond acceptors (Lipinski definition) is 9. The van der Waals surface area contributed by atoms with Crippen molar-refractivity contribution in [3.05, 3.63) is 59.3 Å². The highest BCUT2D eigenvalue weighted by Crippen LogP contribution is 2.42. The van der Waals surface area contributed by atoms with Crippen LogP contribution in [0.2, 0.25) is 0 Å². The van der Waals surface area contributed by atoms with Crippen LogP contribution in [0, 0.1) is 0 Å². The van der Waals surface area contributed by atoms with Gasteiger partial charge >= 0.3 is 6.18 Å². The van der Waals surface area contributed by atoms with Gasteiger partial charge in [0.15, 0.2) is 0 Å². The summed E-state index contributed by atoms with van der Waals surface area (Å²) in [5, 5.41) is 8.74.